The van der Waals surface area contributed by atoms with E-state index in [2.05, 4.69) is 10.2 Å². The highest BCUT2D eigenvalue weighted by atomic mass is 19.1. The Morgan fingerprint density at radius 3 is 2.31 bits per heavy atom. The SMILES string of the molecule is Nc1ccc(C[C@H](CN2CCC(C(=O)c3ccc(F)cc3)CC2)NC(=O)O)cc1. The van der Waals surface area contributed by atoms with Crippen LogP contribution in [0, 0.1) is 11.7 Å². The molecule has 0 saturated carbocycles. The fraction of sp³-hybridized carbons (Fsp3) is 0.364. The zero-order chi connectivity index (χ0) is 20.8. The molecule has 3 rings (SSSR count). The van der Waals surface area contributed by atoms with E-state index in [-0.39, 0.29) is 23.6 Å². The number of nitrogens with one attached hydrogen (secondary N) is 1. The molecule has 0 radical (unpaired) electrons. The predicted octanol–water partition coefficient (Wildman–Crippen LogP) is 3.18. The van der Waals surface area contributed by atoms with Crippen molar-refractivity contribution in [1.29, 1.82) is 0 Å². The number of carbonyl (C=O) groups is 2. The van der Waals surface area contributed by atoms with E-state index in [4.69, 9.17) is 5.73 Å². The number of Topliss-reactive ketones (excluding diaryl/α,β-unsaturated/α-hetero) is 1. The van der Waals surface area contributed by atoms with Gasteiger partial charge in [-0.15, -0.1) is 0 Å². The van der Waals surface area contributed by atoms with E-state index in [1.807, 2.05) is 12.1 Å². The highest BCUT2D eigenvalue weighted by molar-refractivity contribution is 5.97. The Morgan fingerprint density at radius 1 is 1.10 bits per heavy atom. The number of amides is 1. The summed E-state index contributed by atoms with van der Waals surface area (Å²) in [6.07, 6.45) is 0.934. The molecule has 0 aliphatic carbocycles. The minimum atomic E-state index is -1.05. The Bertz CT molecular complexity index is 831. The number of halogens is 1. The topological polar surface area (TPSA) is 95.7 Å². The van der Waals surface area contributed by atoms with Crippen molar-refractivity contribution in [1.82, 2.24) is 10.2 Å². The van der Waals surface area contributed by atoms with Crippen LogP contribution < -0.4 is 11.1 Å². The van der Waals surface area contributed by atoms with Crippen molar-refractivity contribution >= 4 is 17.6 Å². The summed E-state index contributed by atoms with van der Waals surface area (Å²) in [5.41, 5.74) is 7.93. The summed E-state index contributed by atoms with van der Waals surface area (Å²) in [4.78, 5) is 26.0. The zero-order valence-electron chi connectivity index (χ0n) is 16.2. The molecular formula is C22H26FN3O3. The Hall–Kier alpha value is -2.93. The lowest BCUT2D eigenvalue weighted by Crippen LogP contribution is -2.47. The van der Waals surface area contributed by atoms with Gasteiger partial charge in [0.15, 0.2) is 5.78 Å². The molecular weight excluding hydrogens is 373 g/mol. The molecule has 1 amide bonds. The first-order valence-electron chi connectivity index (χ1n) is 9.76. The van der Waals surface area contributed by atoms with Crippen LogP contribution in [0.25, 0.3) is 0 Å². The maximum atomic E-state index is 13.1. The van der Waals surface area contributed by atoms with Crippen LogP contribution >= 0.6 is 0 Å². The third-order valence-corrected chi connectivity index (χ3v) is 5.36. The molecule has 0 bridgehead atoms. The number of carbonyl (C=O) groups excluding carboxylic acids is 1. The van der Waals surface area contributed by atoms with E-state index in [1.165, 1.54) is 24.3 Å². The average molecular weight is 399 g/mol. The van der Waals surface area contributed by atoms with Gasteiger partial charge in [-0.25, -0.2) is 9.18 Å². The molecule has 29 heavy (non-hydrogen) atoms. The van der Waals surface area contributed by atoms with Gasteiger partial charge in [-0.1, -0.05) is 12.1 Å². The first-order valence-corrected chi connectivity index (χ1v) is 9.76. The van der Waals surface area contributed by atoms with Gasteiger partial charge < -0.3 is 21.1 Å². The second-order valence-corrected chi connectivity index (χ2v) is 7.54. The first kappa shape index (κ1) is 20.8. The van der Waals surface area contributed by atoms with Crippen molar-refractivity contribution in [2.75, 3.05) is 25.4 Å². The molecule has 2 aromatic rings. The molecule has 0 aromatic heterocycles. The number of carboxylic acid groups (broad SMARTS) is 1. The number of ketones is 1. The molecule has 154 valence electrons. The number of nitrogen functional groups attached to an aromatic ring is 1. The number of hydrogen-bond acceptors (Lipinski definition) is 4. The fourth-order valence-electron chi connectivity index (χ4n) is 3.81. The summed E-state index contributed by atoms with van der Waals surface area (Å²) in [5, 5.41) is 11.8. The van der Waals surface area contributed by atoms with Crippen LogP contribution in [-0.4, -0.2) is 47.6 Å². The van der Waals surface area contributed by atoms with Gasteiger partial charge >= 0.3 is 6.09 Å². The van der Waals surface area contributed by atoms with E-state index in [0.717, 1.165) is 18.7 Å². The number of anilines is 1. The molecule has 7 heteroatoms. The smallest absolute Gasteiger partial charge is 0.404 e. The number of piperidine rings is 1. The van der Waals surface area contributed by atoms with Gasteiger partial charge in [0.25, 0.3) is 0 Å². The summed E-state index contributed by atoms with van der Waals surface area (Å²) in [7, 11) is 0. The van der Waals surface area contributed by atoms with Gasteiger partial charge in [0, 0.05) is 29.8 Å². The van der Waals surface area contributed by atoms with Crippen molar-refractivity contribution in [2.24, 2.45) is 5.92 Å². The standard InChI is InChI=1S/C22H26FN3O3/c23-18-5-3-16(4-6-18)21(27)17-9-11-26(12-10-17)14-20(25-22(28)29)13-15-1-7-19(24)8-2-15/h1-8,17,20,25H,9-14,24H2,(H,28,29)/t20-/m1/s1. The van der Waals surface area contributed by atoms with Crippen LogP contribution in [0.3, 0.4) is 0 Å². The van der Waals surface area contributed by atoms with Crippen LogP contribution in [0.2, 0.25) is 0 Å². The van der Waals surface area contributed by atoms with Crippen molar-refractivity contribution < 1.29 is 19.1 Å². The molecule has 0 unspecified atom stereocenters. The van der Waals surface area contributed by atoms with Gasteiger partial charge in [-0.2, -0.15) is 0 Å². The number of nitrogens with two attached hydrogens (primary N) is 1. The Morgan fingerprint density at radius 2 is 1.72 bits per heavy atom. The lowest BCUT2D eigenvalue weighted by molar-refractivity contribution is 0.0832. The monoisotopic (exact) mass is 399 g/mol. The van der Waals surface area contributed by atoms with Crippen LogP contribution in [-0.2, 0) is 6.42 Å². The average Bonchev–Trinajstić information content (AvgIpc) is 2.70. The Balaban J connectivity index is 1.55. The van der Waals surface area contributed by atoms with E-state index < -0.39 is 6.09 Å². The van der Waals surface area contributed by atoms with Gasteiger partial charge in [-0.05, 0) is 74.3 Å². The summed E-state index contributed by atoms with van der Waals surface area (Å²) in [6.45, 7) is 2.02. The molecule has 1 heterocycles. The largest absolute Gasteiger partial charge is 0.465 e. The first-order chi connectivity index (χ1) is 13.9. The van der Waals surface area contributed by atoms with Crippen molar-refractivity contribution in [2.45, 2.75) is 25.3 Å². The molecule has 1 saturated heterocycles. The number of nitrogens with zero attached hydrogens (tertiary/aromatic N) is 1. The summed E-state index contributed by atoms with van der Waals surface area (Å²) in [6, 6.07) is 12.8. The molecule has 4 N–H and O–H groups in total. The van der Waals surface area contributed by atoms with Gasteiger partial charge in [0.1, 0.15) is 5.82 Å². The maximum absolute atomic E-state index is 13.1. The highest BCUT2D eigenvalue weighted by Gasteiger charge is 2.27. The Labute approximate surface area is 169 Å². The quantitative estimate of drug-likeness (QED) is 0.491. The van der Waals surface area contributed by atoms with Crippen molar-refractivity contribution in [3.63, 3.8) is 0 Å². The molecule has 2 aromatic carbocycles. The third kappa shape index (κ3) is 6.02. The van der Waals surface area contributed by atoms with E-state index >= 15 is 0 Å². The minimum Gasteiger partial charge on any atom is -0.465 e. The fourth-order valence-corrected chi connectivity index (χ4v) is 3.81. The molecule has 0 spiro atoms. The number of rotatable bonds is 7. The minimum absolute atomic E-state index is 0.0479. The van der Waals surface area contributed by atoms with Crippen LogP contribution in [0.1, 0.15) is 28.8 Å². The third-order valence-electron chi connectivity index (χ3n) is 5.36. The predicted molar refractivity (Wildman–Crippen MR) is 109 cm³/mol. The number of benzene rings is 2. The van der Waals surface area contributed by atoms with Crippen LogP contribution in [0.5, 0.6) is 0 Å². The summed E-state index contributed by atoms with van der Waals surface area (Å²) in [5.74, 6) is -0.388. The van der Waals surface area contributed by atoms with E-state index in [1.54, 1.807) is 12.1 Å². The molecule has 1 aliphatic rings. The maximum Gasteiger partial charge on any atom is 0.404 e. The van der Waals surface area contributed by atoms with E-state index in [9.17, 15) is 19.1 Å². The van der Waals surface area contributed by atoms with Gasteiger partial charge in [0.2, 0.25) is 0 Å². The van der Waals surface area contributed by atoms with E-state index in [0.29, 0.717) is 37.1 Å². The van der Waals surface area contributed by atoms with Crippen molar-refractivity contribution in [3.8, 4) is 0 Å². The summed E-state index contributed by atoms with van der Waals surface area (Å²) >= 11 is 0. The second kappa shape index (κ2) is 9.52. The van der Waals surface area contributed by atoms with Crippen LogP contribution in [0.15, 0.2) is 48.5 Å². The number of hydrogen-bond donors (Lipinski definition) is 3. The lowest BCUT2D eigenvalue weighted by Gasteiger charge is -2.33. The van der Waals surface area contributed by atoms with Crippen molar-refractivity contribution in [3.05, 3.63) is 65.5 Å². The normalized spacial score (nSPS) is 16.3. The zero-order valence-corrected chi connectivity index (χ0v) is 16.2. The van der Waals surface area contributed by atoms with Crippen LogP contribution in [0.4, 0.5) is 14.9 Å². The summed E-state index contributed by atoms with van der Waals surface area (Å²) < 4.78 is 13.1. The van der Waals surface area contributed by atoms with Gasteiger partial charge in [0.05, 0.1) is 0 Å². The lowest BCUT2D eigenvalue weighted by atomic mass is 9.88. The second-order valence-electron chi connectivity index (χ2n) is 7.54. The molecule has 1 aliphatic heterocycles. The molecule has 6 nitrogen and oxygen atoms in total. The molecule has 1 atom stereocenters. The number of likely N-dealkylation sites (tertiary alicyclic amines) is 1. The van der Waals surface area contributed by atoms with Gasteiger partial charge in [-0.3, -0.25) is 4.79 Å². The molecule has 1 fully saturated rings. The Kier molecular flexibility index (Phi) is 6.82. The highest BCUT2D eigenvalue weighted by Crippen LogP contribution is 2.22.